The molecule has 0 unspecified atom stereocenters. The predicted octanol–water partition coefficient (Wildman–Crippen LogP) is -2.61. The fourth-order valence-corrected chi connectivity index (χ4v) is 4.49. The van der Waals surface area contributed by atoms with Crippen LogP contribution in [-0.2, 0) is 14.3 Å². The number of carbonyl (C=O) groups is 2. The molecular formula is C38H64Cl2N10O15. The smallest absolute Gasteiger partial charge is 0.335 e. The van der Waals surface area contributed by atoms with Crippen molar-refractivity contribution in [3.8, 4) is 0 Å². The van der Waals surface area contributed by atoms with Crippen molar-refractivity contribution in [2.24, 2.45) is 42.9 Å². The van der Waals surface area contributed by atoms with E-state index in [1.54, 1.807) is 48.5 Å². The molecule has 0 saturated carbocycles. The van der Waals surface area contributed by atoms with E-state index in [9.17, 15) is 9.59 Å². The summed E-state index contributed by atoms with van der Waals surface area (Å²) in [6, 6.07) is 14.1. The van der Waals surface area contributed by atoms with Crippen molar-refractivity contribution < 1.29 is 75.6 Å². The Morgan fingerprint density at radius 2 is 0.877 bits per heavy atom. The molecule has 0 aliphatic rings. The summed E-state index contributed by atoms with van der Waals surface area (Å²) in [6.07, 6.45) is -12.0. The number of nitrogens with two attached hydrogens (primary N) is 4. The van der Waals surface area contributed by atoms with Crippen LogP contribution in [0.25, 0.3) is 0 Å². The number of carboxylic acids is 2. The second-order valence-corrected chi connectivity index (χ2v) is 13.8. The van der Waals surface area contributed by atoms with Crippen LogP contribution in [0.15, 0.2) is 68.5 Å². The van der Waals surface area contributed by atoms with Crippen molar-refractivity contribution in [2.45, 2.75) is 88.4 Å². The number of carboxylic acid groups (broad SMARTS) is 2. The van der Waals surface area contributed by atoms with Gasteiger partial charge in [-0.1, -0.05) is 36.0 Å². The highest BCUT2D eigenvalue weighted by Gasteiger charge is 2.34. The van der Waals surface area contributed by atoms with Crippen LogP contribution in [0.2, 0.25) is 10.0 Å². The predicted molar refractivity (Wildman–Crippen MR) is 245 cm³/mol. The highest BCUT2D eigenvalue weighted by atomic mass is 35.5. The monoisotopic (exact) mass is 970 g/mol. The summed E-state index contributed by atoms with van der Waals surface area (Å²) in [6.45, 7) is 5.10. The van der Waals surface area contributed by atoms with E-state index >= 15 is 0 Å². The lowest BCUT2D eigenvalue weighted by atomic mass is 10.0. The Bertz CT molecular complexity index is 1610. The highest BCUT2D eigenvalue weighted by molar-refractivity contribution is 6.31. The number of halogens is 2. The molecule has 0 radical (unpaired) electrons. The minimum atomic E-state index is -2.20. The van der Waals surface area contributed by atoms with E-state index in [1.807, 2.05) is 13.8 Å². The van der Waals surface area contributed by atoms with E-state index in [-0.39, 0.29) is 23.8 Å². The normalized spacial score (nSPS) is 15.7. The number of hydrogen-bond acceptors (Lipinski definition) is 15. The van der Waals surface area contributed by atoms with Gasteiger partial charge in [0.25, 0.3) is 0 Å². The van der Waals surface area contributed by atoms with Crippen molar-refractivity contribution in [1.82, 2.24) is 0 Å². The van der Waals surface area contributed by atoms with Crippen LogP contribution in [0.3, 0.4) is 0 Å². The van der Waals surface area contributed by atoms with Gasteiger partial charge in [0.1, 0.15) is 36.6 Å². The van der Waals surface area contributed by atoms with Crippen LogP contribution in [-0.4, -0.2) is 185 Å². The lowest BCUT2D eigenvalue weighted by Gasteiger charge is -2.23. The van der Waals surface area contributed by atoms with Crippen LogP contribution >= 0.6 is 23.2 Å². The van der Waals surface area contributed by atoms with Crippen molar-refractivity contribution in [1.29, 1.82) is 0 Å². The van der Waals surface area contributed by atoms with Crippen LogP contribution in [0, 0.1) is 0 Å². The van der Waals surface area contributed by atoms with Crippen molar-refractivity contribution in [3.63, 3.8) is 0 Å². The number of unbranched alkanes of at least 4 members (excludes halogenated alkanes) is 3. The Morgan fingerprint density at radius 3 is 1.12 bits per heavy atom. The van der Waals surface area contributed by atoms with Gasteiger partial charge in [0.2, 0.25) is 23.8 Å². The first-order valence-corrected chi connectivity index (χ1v) is 20.3. The highest BCUT2D eigenvalue weighted by Crippen LogP contribution is 2.14. The Morgan fingerprint density at radius 1 is 0.569 bits per heavy atom. The first kappa shape index (κ1) is 62.1. The molecule has 0 aromatic heterocycles. The standard InChI is InChI=1S/C22H30Cl2N10.2C6H12O7.C4H10O/c23-15-5-9-17(10-6-15)31-21(27)33-19(25)29-13-3-1-2-4-14-30-20(26)34-22(28)32-18-11-7-16(24)8-12-18;2*7-1-2(8)3(9)4(10)5(11)6(12)13;1-3-5-4-2/h5-12H,1-4,13-14H2,(H5,25,27,29,31,33)(H5,26,28,30,32,34);2*2-5,7-11H,1H2,(H,12,13);3-4H2,1-2H3/t;2*2-,3-,4+,5-;/m.11./s1. The molecule has 65 heavy (non-hydrogen) atoms. The molecule has 8 atom stereocenters. The number of aliphatic hydroxyl groups excluding tert-OH is 10. The van der Waals surface area contributed by atoms with Crippen LogP contribution in [0.1, 0.15) is 39.5 Å². The quantitative estimate of drug-likeness (QED) is 0.0346. The van der Waals surface area contributed by atoms with Gasteiger partial charge in [0.05, 0.1) is 13.2 Å². The number of aliphatic imine (C=N–C) groups is 4. The molecule has 370 valence electrons. The van der Waals surface area contributed by atoms with Gasteiger partial charge >= 0.3 is 11.9 Å². The Balaban J connectivity index is 0. The summed E-state index contributed by atoms with van der Waals surface area (Å²) in [5.74, 6) is -2.89. The number of rotatable bonds is 21. The second-order valence-electron chi connectivity index (χ2n) is 13.0. The van der Waals surface area contributed by atoms with E-state index in [0.29, 0.717) is 23.1 Å². The third-order valence-electron chi connectivity index (χ3n) is 7.74. The number of anilines is 2. The van der Waals surface area contributed by atoms with Crippen LogP contribution < -0.4 is 33.6 Å². The first-order chi connectivity index (χ1) is 30.6. The lowest BCUT2D eigenvalue weighted by molar-refractivity contribution is -0.164. The zero-order chi connectivity index (χ0) is 50.1. The van der Waals surface area contributed by atoms with Crippen molar-refractivity contribution >= 4 is 70.4 Å². The number of nitrogens with zero attached hydrogens (tertiary/aromatic N) is 4. The molecule has 2 rings (SSSR count). The lowest BCUT2D eigenvalue weighted by Crippen LogP contribution is -2.48. The fourth-order valence-electron chi connectivity index (χ4n) is 4.24. The van der Waals surface area contributed by atoms with Crippen molar-refractivity contribution in [3.05, 3.63) is 58.6 Å². The fraction of sp³-hybridized carbons (Fsp3) is 0.526. The molecule has 0 bridgehead atoms. The van der Waals surface area contributed by atoms with Gasteiger partial charge in [-0.05, 0) is 75.2 Å². The zero-order valence-corrected chi connectivity index (χ0v) is 37.3. The van der Waals surface area contributed by atoms with Crippen LogP contribution in [0.4, 0.5) is 11.4 Å². The maximum absolute atomic E-state index is 10.1. The van der Waals surface area contributed by atoms with Gasteiger partial charge < -0.3 is 99.6 Å². The van der Waals surface area contributed by atoms with Gasteiger partial charge in [-0.15, -0.1) is 0 Å². The Hall–Kier alpha value is -5.00. The molecule has 0 saturated heterocycles. The molecule has 0 aliphatic heterocycles. The summed E-state index contributed by atoms with van der Waals surface area (Å²) in [5, 5.41) is 111. The average molecular weight is 972 g/mol. The molecule has 0 aliphatic carbocycles. The van der Waals surface area contributed by atoms with E-state index in [2.05, 4.69) is 30.6 Å². The Labute approximate surface area is 385 Å². The summed E-state index contributed by atoms with van der Waals surface area (Å²) >= 11 is 11.7. The molecule has 0 amide bonds. The molecule has 27 heteroatoms. The number of aliphatic hydroxyl groups is 10. The summed E-state index contributed by atoms with van der Waals surface area (Å²) < 4.78 is 4.83. The summed E-state index contributed by atoms with van der Waals surface area (Å²) in [5.41, 5.74) is 24.8. The molecule has 2 aromatic carbocycles. The SMILES string of the molecule is CCOCC.NC(=NCCCCCCN=C(N)N=C(N)Nc1ccc(Cl)cc1)N=C(N)Nc1ccc(Cl)cc1.O=C(O)[C@H](O)[C@@H](O)[C@H](O)[C@H](O)CO.O=C(O)[C@H](O)[C@@H](O)[C@H](O)[C@H](O)CO. The van der Waals surface area contributed by atoms with Gasteiger partial charge in [-0.25, -0.2) is 9.59 Å². The third-order valence-corrected chi connectivity index (χ3v) is 8.24. The molecule has 2 aromatic rings. The molecule has 25 nitrogen and oxygen atoms in total. The van der Waals surface area contributed by atoms with E-state index in [0.717, 1.165) is 50.3 Å². The summed E-state index contributed by atoms with van der Waals surface area (Å²) in [7, 11) is 0. The van der Waals surface area contributed by atoms with Gasteiger partial charge in [0.15, 0.2) is 12.2 Å². The molecule has 0 fully saturated rings. The molecular weight excluding hydrogens is 907 g/mol. The number of ether oxygens (including phenoxy) is 1. The number of benzene rings is 2. The first-order valence-electron chi connectivity index (χ1n) is 19.6. The minimum Gasteiger partial charge on any atom is -0.479 e. The van der Waals surface area contributed by atoms with Gasteiger partial charge in [0, 0.05) is 47.7 Å². The molecule has 0 heterocycles. The maximum atomic E-state index is 10.1. The van der Waals surface area contributed by atoms with E-state index < -0.39 is 74.0 Å². The van der Waals surface area contributed by atoms with E-state index in [4.69, 9.17) is 112 Å². The van der Waals surface area contributed by atoms with E-state index in [1.165, 1.54) is 0 Å². The Kier molecular flexibility index (Phi) is 34.6. The maximum Gasteiger partial charge on any atom is 0.335 e. The number of guanidine groups is 4. The average Bonchev–Trinajstić information content (AvgIpc) is 3.27. The van der Waals surface area contributed by atoms with Gasteiger partial charge in [-0.2, -0.15) is 9.98 Å². The zero-order valence-electron chi connectivity index (χ0n) is 35.8. The molecule has 0 spiro atoms. The number of aliphatic carboxylic acids is 2. The molecule has 22 N–H and O–H groups in total. The van der Waals surface area contributed by atoms with Crippen LogP contribution in [0.5, 0.6) is 0 Å². The van der Waals surface area contributed by atoms with Gasteiger partial charge in [-0.3, -0.25) is 9.98 Å². The second kappa shape index (κ2) is 36.2. The van der Waals surface area contributed by atoms with Crippen molar-refractivity contribution in [2.75, 3.05) is 50.2 Å². The summed E-state index contributed by atoms with van der Waals surface area (Å²) in [4.78, 5) is 36.7. The third kappa shape index (κ3) is 30.0. The number of hydrogen-bond donors (Lipinski definition) is 18. The minimum absolute atomic E-state index is 0.124. The topological polar surface area (TPSA) is 464 Å². The largest absolute Gasteiger partial charge is 0.479 e. The number of nitrogens with one attached hydrogen (secondary N) is 2.